The highest BCUT2D eigenvalue weighted by atomic mass is 19.2. The second-order valence-corrected chi connectivity index (χ2v) is 6.96. The number of nitrogens with one attached hydrogen (secondary N) is 2. The lowest BCUT2D eigenvalue weighted by molar-refractivity contribution is -0.0987. The van der Waals surface area contributed by atoms with Gasteiger partial charge in [-0.1, -0.05) is 6.07 Å². The number of aliphatic hydroxyl groups excluding tert-OH is 2. The van der Waals surface area contributed by atoms with Gasteiger partial charge in [0.1, 0.15) is 25.1 Å². The van der Waals surface area contributed by atoms with Gasteiger partial charge in [0.25, 0.3) is 0 Å². The van der Waals surface area contributed by atoms with E-state index < -0.39 is 47.2 Å². The van der Waals surface area contributed by atoms with Gasteiger partial charge in [0, 0.05) is 11.6 Å². The van der Waals surface area contributed by atoms with Crippen LogP contribution >= 0.6 is 0 Å². The van der Waals surface area contributed by atoms with Gasteiger partial charge in [0.05, 0.1) is 24.1 Å². The van der Waals surface area contributed by atoms with Crippen molar-refractivity contribution < 1.29 is 37.4 Å². The molecule has 1 atom stereocenters. The molecule has 0 bridgehead atoms. The number of halogens is 4. The molecule has 1 aliphatic rings. The Morgan fingerprint density at radius 2 is 1.61 bits per heavy atom. The molecule has 0 radical (unpaired) electrons. The fraction of sp³-hybridized carbons (Fsp3) is 0.333. The van der Waals surface area contributed by atoms with Crippen LogP contribution in [0, 0.1) is 30.2 Å². The van der Waals surface area contributed by atoms with Crippen LogP contribution < -0.4 is 10.6 Å². The molecular formula is C21H24F4N2O4. The SMILES string of the molecule is C=O.C=O.Cc1ccc(Nc2c(F)c(F)cc(F)c2NC2(CC(O)CO)CC2)c(F)c1. The van der Waals surface area contributed by atoms with Crippen LogP contribution in [0.2, 0.25) is 0 Å². The van der Waals surface area contributed by atoms with Crippen molar-refractivity contribution in [1.82, 2.24) is 0 Å². The summed E-state index contributed by atoms with van der Waals surface area (Å²) in [6.07, 6.45) is 0.196. The molecule has 31 heavy (non-hydrogen) atoms. The number of carbonyl (C=O) groups is 2. The lowest BCUT2D eigenvalue weighted by Crippen LogP contribution is -2.30. The molecule has 0 spiro atoms. The third kappa shape index (κ3) is 6.50. The molecule has 2 aromatic rings. The first-order valence-corrected chi connectivity index (χ1v) is 9.10. The molecule has 0 heterocycles. The molecule has 0 saturated heterocycles. The fourth-order valence-electron chi connectivity index (χ4n) is 3.00. The van der Waals surface area contributed by atoms with Crippen molar-refractivity contribution in [2.45, 2.75) is 37.8 Å². The van der Waals surface area contributed by atoms with Gasteiger partial charge < -0.3 is 30.4 Å². The van der Waals surface area contributed by atoms with E-state index in [2.05, 4.69) is 10.6 Å². The van der Waals surface area contributed by atoms with Crippen LogP contribution in [-0.2, 0) is 9.59 Å². The summed E-state index contributed by atoms with van der Waals surface area (Å²) < 4.78 is 56.7. The largest absolute Gasteiger partial charge is 0.394 e. The third-order valence-corrected chi connectivity index (χ3v) is 4.64. The predicted octanol–water partition coefficient (Wildman–Crippen LogP) is 3.61. The number of benzene rings is 2. The Labute approximate surface area is 176 Å². The lowest BCUT2D eigenvalue weighted by Gasteiger charge is -2.24. The second kappa shape index (κ2) is 11.4. The monoisotopic (exact) mass is 444 g/mol. The molecule has 1 unspecified atom stereocenters. The van der Waals surface area contributed by atoms with Crippen molar-refractivity contribution in [2.75, 3.05) is 17.2 Å². The number of anilines is 3. The molecule has 0 aromatic heterocycles. The van der Waals surface area contributed by atoms with E-state index >= 15 is 0 Å². The normalized spacial score (nSPS) is 14.3. The lowest BCUT2D eigenvalue weighted by atomic mass is 10.1. The summed E-state index contributed by atoms with van der Waals surface area (Å²) in [5, 5.41) is 23.9. The highest BCUT2D eigenvalue weighted by Crippen LogP contribution is 2.46. The van der Waals surface area contributed by atoms with E-state index in [-0.39, 0.29) is 17.8 Å². The van der Waals surface area contributed by atoms with Gasteiger partial charge in [-0.25, -0.2) is 17.6 Å². The van der Waals surface area contributed by atoms with Crippen LogP contribution in [0.3, 0.4) is 0 Å². The maximum atomic E-state index is 14.4. The molecule has 0 aliphatic heterocycles. The summed E-state index contributed by atoms with van der Waals surface area (Å²) in [7, 11) is 0. The number of hydrogen-bond acceptors (Lipinski definition) is 6. The molecule has 1 fully saturated rings. The molecule has 0 amide bonds. The van der Waals surface area contributed by atoms with Gasteiger partial charge in [0.2, 0.25) is 0 Å². The van der Waals surface area contributed by atoms with Crippen molar-refractivity contribution in [1.29, 1.82) is 0 Å². The first kappa shape index (κ1) is 26.1. The number of aryl methyl sites for hydroxylation is 1. The molecule has 170 valence electrons. The smallest absolute Gasteiger partial charge is 0.184 e. The van der Waals surface area contributed by atoms with Crippen molar-refractivity contribution in [3.63, 3.8) is 0 Å². The predicted molar refractivity (Wildman–Crippen MR) is 108 cm³/mol. The van der Waals surface area contributed by atoms with Crippen LogP contribution in [0.4, 0.5) is 34.6 Å². The first-order valence-electron chi connectivity index (χ1n) is 9.10. The van der Waals surface area contributed by atoms with E-state index in [1.165, 1.54) is 12.1 Å². The number of aliphatic hydroxyl groups is 2. The number of carbonyl (C=O) groups excluding carboxylic acids is 2. The molecule has 3 rings (SSSR count). The van der Waals surface area contributed by atoms with E-state index in [0.717, 1.165) is 0 Å². The fourth-order valence-corrected chi connectivity index (χ4v) is 3.00. The Morgan fingerprint density at radius 3 is 2.13 bits per heavy atom. The van der Waals surface area contributed by atoms with Crippen LogP contribution in [-0.4, -0.2) is 42.0 Å². The third-order valence-electron chi connectivity index (χ3n) is 4.64. The molecule has 2 aromatic carbocycles. The first-order chi connectivity index (χ1) is 14.7. The maximum absolute atomic E-state index is 14.4. The summed E-state index contributed by atoms with van der Waals surface area (Å²) in [4.78, 5) is 16.0. The Hall–Kier alpha value is -2.98. The second-order valence-electron chi connectivity index (χ2n) is 6.96. The quantitative estimate of drug-likeness (QED) is 0.385. The number of rotatable bonds is 7. The zero-order valence-corrected chi connectivity index (χ0v) is 16.9. The van der Waals surface area contributed by atoms with Gasteiger partial charge in [-0.15, -0.1) is 0 Å². The van der Waals surface area contributed by atoms with Crippen LogP contribution in [0.15, 0.2) is 24.3 Å². The van der Waals surface area contributed by atoms with Crippen LogP contribution in [0.25, 0.3) is 0 Å². The van der Waals surface area contributed by atoms with Gasteiger partial charge in [0.15, 0.2) is 17.5 Å². The summed E-state index contributed by atoms with van der Waals surface area (Å²) in [5.74, 6) is -4.50. The highest BCUT2D eigenvalue weighted by molar-refractivity contribution is 5.77. The highest BCUT2D eigenvalue weighted by Gasteiger charge is 2.45. The summed E-state index contributed by atoms with van der Waals surface area (Å²) in [5.41, 5.74) is -1.14. The van der Waals surface area contributed by atoms with Crippen molar-refractivity contribution in [2.24, 2.45) is 0 Å². The van der Waals surface area contributed by atoms with Crippen molar-refractivity contribution in [3.05, 3.63) is 53.1 Å². The molecular weight excluding hydrogens is 420 g/mol. The van der Waals surface area contributed by atoms with Gasteiger partial charge >= 0.3 is 0 Å². The maximum Gasteiger partial charge on any atom is 0.184 e. The standard InChI is InChI=1S/C19H20F4N2O2.2CH2O/c1-10-2-3-15(12(20)6-10)24-18-16(23)13(21)7-14(22)17(18)25-19(4-5-19)8-11(27)9-26;2*1-2/h2-3,6-7,11,24-27H,4-5,8-9H2,1H3;2*1H2. The minimum atomic E-state index is -1.41. The Balaban J connectivity index is 0.00000113. The van der Waals surface area contributed by atoms with Crippen LogP contribution in [0.5, 0.6) is 0 Å². The van der Waals surface area contributed by atoms with E-state index in [9.17, 15) is 22.7 Å². The van der Waals surface area contributed by atoms with Crippen molar-refractivity contribution >= 4 is 30.6 Å². The molecule has 6 nitrogen and oxygen atoms in total. The van der Waals surface area contributed by atoms with Gasteiger partial charge in [-0.05, 0) is 43.9 Å². The Bertz CT molecular complexity index is 892. The molecule has 1 saturated carbocycles. The molecule has 1 aliphatic carbocycles. The summed E-state index contributed by atoms with van der Waals surface area (Å²) in [6, 6.07) is 4.54. The zero-order valence-electron chi connectivity index (χ0n) is 16.9. The van der Waals surface area contributed by atoms with E-state index in [4.69, 9.17) is 14.7 Å². The summed E-state index contributed by atoms with van der Waals surface area (Å²) in [6.45, 7) is 5.20. The molecule has 4 N–H and O–H groups in total. The average Bonchev–Trinajstić information content (AvgIpc) is 3.52. The topological polar surface area (TPSA) is 98.7 Å². The zero-order chi connectivity index (χ0) is 23.8. The minimum Gasteiger partial charge on any atom is -0.394 e. The Morgan fingerprint density at radius 1 is 1.00 bits per heavy atom. The van der Waals surface area contributed by atoms with Gasteiger partial charge in [-0.3, -0.25) is 0 Å². The average molecular weight is 444 g/mol. The minimum absolute atomic E-state index is 0.111. The van der Waals surface area contributed by atoms with Crippen LogP contribution in [0.1, 0.15) is 24.8 Å². The van der Waals surface area contributed by atoms with Gasteiger partial charge in [-0.2, -0.15) is 0 Å². The van der Waals surface area contributed by atoms with Crippen molar-refractivity contribution in [3.8, 4) is 0 Å². The van der Waals surface area contributed by atoms with E-state index in [1.807, 2.05) is 13.6 Å². The van der Waals surface area contributed by atoms with E-state index in [0.29, 0.717) is 24.5 Å². The molecule has 10 heteroatoms. The number of hydrogen-bond donors (Lipinski definition) is 4. The summed E-state index contributed by atoms with van der Waals surface area (Å²) >= 11 is 0. The van der Waals surface area contributed by atoms with E-state index in [1.54, 1.807) is 13.0 Å². The Kier molecular flexibility index (Phi) is 9.60.